The minimum Gasteiger partial charge on any atom is -0.480 e. The number of likely N-dealkylation sites (tertiary alicyclic amines) is 1. The molecule has 0 aromatic heterocycles. The number of rotatable bonds is 3. The van der Waals surface area contributed by atoms with Crippen LogP contribution < -0.4 is 5.32 Å². The van der Waals surface area contributed by atoms with Crippen LogP contribution in [0.2, 0.25) is 0 Å². The molecule has 1 aliphatic heterocycles. The Hall–Kier alpha value is -2.18. The third-order valence-corrected chi connectivity index (χ3v) is 3.23. The molecule has 1 aromatic carbocycles. The predicted octanol–water partition coefficient (Wildman–Crippen LogP) is 1.72. The van der Waals surface area contributed by atoms with Gasteiger partial charge < -0.3 is 15.3 Å². The maximum Gasteiger partial charge on any atom is 0.326 e. The van der Waals surface area contributed by atoms with E-state index in [1.54, 1.807) is 0 Å². The van der Waals surface area contributed by atoms with Gasteiger partial charge in [-0.15, -0.1) is 0 Å². The summed E-state index contributed by atoms with van der Waals surface area (Å²) in [6.07, 6.45) is 1.06. The summed E-state index contributed by atoms with van der Waals surface area (Å²) in [6.45, 7) is 0.388. The van der Waals surface area contributed by atoms with Gasteiger partial charge in [-0.25, -0.2) is 18.4 Å². The third kappa shape index (κ3) is 3.04. The van der Waals surface area contributed by atoms with Crippen molar-refractivity contribution in [3.8, 4) is 0 Å². The normalized spacial score (nSPS) is 18.1. The van der Waals surface area contributed by atoms with Gasteiger partial charge in [0.1, 0.15) is 6.04 Å². The number of carboxylic acid groups (broad SMARTS) is 1. The smallest absolute Gasteiger partial charge is 0.326 e. The van der Waals surface area contributed by atoms with Gasteiger partial charge in [-0.1, -0.05) is 6.07 Å². The predicted molar refractivity (Wildman–Crippen MR) is 66.0 cm³/mol. The highest BCUT2D eigenvalue weighted by Crippen LogP contribution is 2.17. The molecular formula is C13H14F2N2O3. The summed E-state index contributed by atoms with van der Waals surface area (Å²) >= 11 is 0. The molecule has 0 bridgehead atoms. The van der Waals surface area contributed by atoms with E-state index in [1.165, 1.54) is 11.0 Å². The van der Waals surface area contributed by atoms with Gasteiger partial charge in [-0.05, 0) is 30.5 Å². The molecule has 0 spiro atoms. The Morgan fingerprint density at radius 2 is 2.10 bits per heavy atom. The molecule has 0 unspecified atom stereocenters. The summed E-state index contributed by atoms with van der Waals surface area (Å²) in [7, 11) is 0. The molecule has 2 rings (SSSR count). The monoisotopic (exact) mass is 284 g/mol. The van der Waals surface area contributed by atoms with Crippen LogP contribution in [0.1, 0.15) is 18.4 Å². The van der Waals surface area contributed by atoms with Gasteiger partial charge in [0, 0.05) is 13.1 Å². The second-order valence-corrected chi connectivity index (χ2v) is 4.60. The van der Waals surface area contributed by atoms with Gasteiger partial charge in [0.05, 0.1) is 0 Å². The number of aliphatic carboxylic acids is 1. The first-order valence-corrected chi connectivity index (χ1v) is 6.20. The van der Waals surface area contributed by atoms with Crippen LogP contribution in [0.5, 0.6) is 0 Å². The third-order valence-electron chi connectivity index (χ3n) is 3.23. The summed E-state index contributed by atoms with van der Waals surface area (Å²) in [6, 6.07) is 2.00. The number of benzene rings is 1. The highest BCUT2D eigenvalue weighted by atomic mass is 19.2. The average molecular weight is 284 g/mol. The van der Waals surface area contributed by atoms with Crippen molar-refractivity contribution in [1.82, 2.24) is 10.2 Å². The van der Waals surface area contributed by atoms with Crippen LogP contribution in [0, 0.1) is 11.6 Å². The molecular weight excluding hydrogens is 270 g/mol. The van der Waals surface area contributed by atoms with Gasteiger partial charge in [0.2, 0.25) is 0 Å². The molecule has 5 nitrogen and oxygen atoms in total. The van der Waals surface area contributed by atoms with E-state index in [4.69, 9.17) is 5.11 Å². The van der Waals surface area contributed by atoms with Gasteiger partial charge in [-0.2, -0.15) is 0 Å². The highest BCUT2D eigenvalue weighted by molar-refractivity contribution is 5.83. The number of halogens is 2. The van der Waals surface area contributed by atoms with Crippen molar-refractivity contribution in [2.45, 2.75) is 25.4 Å². The Bertz CT molecular complexity index is 536. The Labute approximate surface area is 114 Å². The van der Waals surface area contributed by atoms with Crippen LogP contribution in [0.4, 0.5) is 13.6 Å². The summed E-state index contributed by atoms with van der Waals surface area (Å²) in [4.78, 5) is 24.1. The van der Waals surface area contributed by atoms with Crippen molar-refractivity contribution in [2.75, 3.05) is 6.54 Å². The maximum atomic E-state index is 13.0. The number of nitrogens with one attached hydrogen (secondary N) is 1. The van der Waals surface area contributed by atoms with Gasteiger partial charge in [0.15, 0.2) is 11.6 Å². The standard InChI is InChI=1S/C13H14F2N2O3/c14-9-4-3-8(6-10(9)15)7-16-13(20)17-5-1-2-11(17)12(18)19/h3-4,6,11H,1-2,5,7H2,(H,16,20)(H,18,19)/t11-/m0/s1. The van der Waals surface area contributed by atoms with E-state index in [0.717, 1.165) is 12.1 Å². The average Bonchev–Trinajstić information content (AvgIpc) is 2.89. The quantitative estimate of drug-likeness (QED) is 0.888. The number of carbonyl (C=O) groups excluding carboxylic acids is 1. The molecule has 1 aliphatic rings. The summed E-state index contributed by atoms with van der Waals surface area (Å²) in [5.74, 6) is -2.97. The van der Waals surface area contributed by atoms with E-state index in [-0.39, 0.29) is 6.54 Å². The van der Waals surface area contributed by atoms with Crippen molar-refractivity contribution in [1.29, 1.82) is 0 Å². The Kier molecular flexibility index (Phi) is 4.16. The van der Waals surface area contributed by atoms with Crippen LogP contribution >= 0.6 is 0 Å². The van der Waals surface area contributed by atoms with E-state index in [9.17, 15) is 18.4 Å². The first-order valence-electron chi connectivity index (χ1n) is 6.20. The minimum atomic E-state index is -1.04. The van der Waals surface area contributed by atoms with Gasteiger partial charge in [0.25, 0.3) is 0 Å². The molecule has 2 N–H and O–H groups in total. The fraction of sp³-hybridized carbons (Fsp3) is 0.385. The Morgan fingerprint density at radius 3 is 2.75 bits per heavy atom. The van der Waals surface area contributed by atoms with Gasteiger partial charge in [-0.3, -0.25) is 0 Å². The lowest BCUT2D eigenvalue weighted by atomic mass is 10.2. The molecule has 1 saturated heterocycles. The summed E-state index contributed by atoms with van der Waals surface area (Å²) in [5.41, 5.74) is 0.406. The van der Waals surface area contributed by atoms with Crippen molar-refractivity contribution >= 4 is 12.0 Å². The molecule has 20 heavy (non-hydrogen) atoms. The number of urea groups is 1. The molecule has 0 saturated carbocycles. The number of amides is 2. The van der Waals surface area contributed by atoms with Crippen LogP contribution in [0.15, 0.2) is 18.2 Å². The summed E-state index contributed by atoms with van der Waals surface area (Å²) in [5, 5.41) is 11.5. The van der Waals surface area contributed by atoms with Crippen molar-refractivity contribution in [2.24, 2.45) is 0 Å². The minimum absolute atomic E-state index is 0.0128. The fourth-order valence-corrected chi connectivity index (χ4v) is 2.20. The molecule has 0 radical (unpaired) electrons. The SMILES string of the molecule is O=C(O)[C@@H]1CCCN1C(=O)NCc1ccc(F)c(F)c1. The fourth-order valence-electron chi connectivity index (χ4n) is 2.20. The molecule has 2 amide bonds. The van der Waals surface area contributed by atoms with Crippen molar-refractivity contribution in [3.63, 3.8) is 0 Å². The number of hydrogen-bond donors (Lipinski definition) is 2. The lowest BCUT2D eigenvalue weighted by Crippen LogP contribution is -2.45. The molecule has 1 heterocycles. The summed E-state index contributed by atoms with van der Waals surface area (Å²) < 4.78 is 25.7. The molecule has 0 aliphatic carbocycles. The first-order chi connectivity index (χ1) is 9.49. The Morgan fingerprint density at radius 1 is 1.35 bits per heavy atom. The lowest BCUT2D eigenvalue weighted by Gasteiger charge is -2.21. The number of hydrogen-bond acceptors (Lipinski definition) is 2. The Balaban J connectivity index is 1.94. The van der Waals surface area contributed by atoms with E-state index in [2.05, 4.69) is 5.32 Å². The van der Waals surface area contributed by atoms with Crippen LogP contribution in [-0.2, 0) is 11.3 Å². The lowest BCUT2D eigenvalue weighted by molar-refractivity contribution is -0.141. The van der Waals surface area contributed by atoms with E-state index in [1.807, 2.05) is 0 Å². The highest BCUT2D eigenvalue weighted by Gasteiger charge is 2.33. The zero-order valence-electron chi connectivity index (χ0n) is 10.6. The van der Waals surface area contributed by atoms with Crippen molar-refractivity contribution < 1.29 is 23.5 Å². The zero-order chi connectivity index (χ0) is 14.7. The molecule has 1 atom stereocenters. The molecule has 108 valence electrons. The van der Waals surface area contributed by atoms with E-state index in [0.29, 0.717) is 24.9 Å². The number of nitrogens with zero attached hydrogens (tertiary/aromatic N) is 1. The van der Waals surface area contributed by atoms with Crippen molar-refractivity contribution in [3.05, 3.63) is 35.4 Å². The second kappa shape index (κ2) is 5.85. The van der Waals surface area contributed by atoms with E-state index >= 15 is 0 Å². The zero-order valence-corrected chi connectivity index (χ0v) is 10.6. The topological polar surface area (TPSA) is 69.6 Å². The first kappa shape index (κ1) is 14.2. The second-order valence-electron chi connectivity index (χ2n) is 4.60. The van der Waals surface area contributed by atoms with Crippen LogP contribution in [-0.4, -0.2) is 34.6 Å². The van der Waals surface area contributed by atoms with Crippen LogP contribution in [0.3, 0.4) is 0 Å². The van der Waals surface area contributed by atoms with Gasteiger partial charge >= 0.3 is 12.0 Å². The molecule has 1 aromatic rings. The largest absolute Gasteiger partial charge is 0.480 e. The number of carbonyl (C=O) groups is 2. The number of carboxylic acids is 1. The maximum absolute atomic E-state index is 13.0. The van der Waals surface area contributed by atoms with Crippen LogP contribution in [0.25, 0.3) is 0 Å². The molecule has 7 heteroatoms. The molecule has 1 fully saturated rings. The van der Waals surface area contributed by atoms with E-state index < -0.39 is 29.7 Å².